The predicted molar refractivity (Wildman–Crippen MR) is 136 cm³/mol. The molecule has 1 saturated carbocycles. The summed E-state index contributed by atoms with van der Waals surface area (Å²) >= 11 is 0. The Morgan fingerprint density at radius 3 is 2.74 bits per heavy atom. The highest BCUT2D eigenvalue weighted by molar-refractivity contribution is 5.91. The van der Waals surface area contributed by atoms with Gasteiger partial charge in [0.1, 0.15) is 31.1 Å². The minimum absolute atomic E-state index is 0.0244. The van der Waals surface area contributed by atoms with Gasteiger partial charge in [-0.2, -0.15) is 0 Å². The first-order valence-corrected chi connectivity index (χ1v) is 13.0. The van der Waals surface area contributed by atoms with Crippen LogP contribution in [0.3, 0.4) is 0 Å². The molecule has 0 unspecified atom stereocenters. The highest BCUT2D eigenvalue weighted by Crippen LogP contribution is 2.37. The molecule has 1 fully saturated rings. The molecule has 3 aromatic heterocycles. The number of hydrogen-bond acceptors (Lipinski definition) is 8. The topological polar surface area (TPSA) is 116 Å². The summed E-state index contributed by atoms with van der Waals surface area (Å²) in [4.78, 5) is 25.4. The molecule has 2 N–H and O–H groups in total. The zero-order chi connectivity index (χ0) is 25.9. The van der Waals surface area contributed by atoms with Gasteiger partial charge in [-0.3, -0.25) is 9.78 Å². The van der Waals surface area contributed by atoms with Gasteiger partial charge in [-0.1, -0.05) is 0 Å². The Labute approximate surface area is 218 Å². The first kappa shape index (κ1) is 24.4. The molecule has 11 heteroatoms. The standard InChI is InChI=1S/C27H29FN6O4/c28-18-2-1-7-30-20(18)14-31-27(35)21-16-38-26(33-21)6-9-29-8-5-25-32-19-12-23-24(37-11-10-36-23)13-22(19)34(25)15-17-3-4-17/h1-2,7,12-13,16-17,29H,3-6,8-11,14-15H2,(H,31,35). The molecule has 2 aliphatic rings. The van der Waals surface area contributed by atoms with E-state index in [1.807, 2.05) is 6.07 Å². The molecule has 4 aromatic rings. The highest BCUT2D eigenvalue weighted by Gasteiger charge is 2.25. The molecule has 0 saturated heterocycles. The molecule has 1 aliphatic heterocycles. The molecule has 1 aromatic carbocycles. The van der Waals surface area contributed by atoms with Crippen molar-refractivity contribution in [2.75, 3.05) is 26.3 Å². The zero-order valence-electron chi connectivity index (χ0n) is 20.9. The van der Waals surface area contributed by atoms with Gasteiger partial charge < -0.3 is 29.1 Å². The molecule has 198 valence electrons. The van der Waals surface area contributed by atoms with E-state index in [0.717, 1.165) is 47.9 Å². The average molecular weight is 521 g/mol. The summed E-state index contributed by atoms with van der Waals surface area (Å²) in [6.45, 7) is 3.45. The van der Waals surface area contributed by atoms with Crippen LogP contribution in [0.4, 0.5) is 4.39 Å². The second kappa shape index (κ2) is 10.8. The molecule has 10 nitrogen and oxygen atoms in total. The van der Waals surface area contributed by atoms with Crippen molar-refractivity contribution in [3.8, 4) is 11.5 Å². The Kier molecular flexibility index (Phi) is 6.91. The molecule has 6 rings (SSSR count). The van der Waals surface area contributed by atoms with Gasteiger partial charge in [0, 0.05) is 50.8 Å². The van der Waals surface area contributed by atoms with Crippen LogP contribution in [-0.2, 0) is 25.9 Å². The lowest BCUT2D eigenvalue weighted by atomic mass is 10.2. The number of fused-ring (bicyclic) bond motifs is 2. The van der Waals surface area contributed by atoms with Crippen molar-refractivity contribution in [2.45, 2.75) is 38.8 Å². The van der Waals surface area contributed by atoms with E-state index in [2.05, 4.69) is 31.2 Å². The summed E-state index contributed by atoms with van der Waals surface area (Å²) in [7, 11) is 0. The minimum Gasteiger partial charge on any atom is -0.486 e. The average Bonchev–Trinajstić information content (AvgIpc) is 3.53. The molecule has 0 radical (unpaired) electrons. The zero-order valence-corrected chi connectivity index (χ0v) is 20.9. The maximum Gasteiger partial charge on any atom is 0.273 e. The van der Waals surface area contributed by atoms with Gasteiger partial charge in [0.2, 0.25) is 0 Å². The van der Waals surface area contributed by atoms with Gasteiger partial charge in [0.15, 0.2) is 23.1 Å². The van der Waals surface area contributed by atoms with Crippen LogP contribution in [0.5, 0.6) is 11.5 Å². The quantitative estimate of drug-likeness (QED) is 0.290. The Morgan fingerprint density at radius 1 is 1.11 bits per heavy atom. The van der Waals surface area contributed by atoms with Gasteiger partial charge in [0.05, 0.1) is 23.3 Å². The number of carbonyl (C=O) groups is 1. The lowest BCUT2D eigenvalue weighted by Crippen LogP contribution is -2.24. The largest absolute Gasteiger partial charge is 0.486 e. The van der Waals surface area contributed by atoms with Crippen molar-refractivity contribution in [2.24, 2.45) is 5.92 Å². The fourth-order valence-electron chi connectivity index (χ4n) is 4.52. The Hall–Kier alpha value is -3.99. The molecule has 0 atom stereocenters. The smallest absolute Gasteiger partial charge is 0.273 e. The second-order valence-corrected chi connectivity index (χ2v) is 9.56. The number of halogens is 1. The van der Waals surface area contributed by atoms with E-state index in [-0.39, 0.29) is 17.9 Å². The van der Waals surface area contributed by atoms with Gasteiger partial charge in [0.25, 0.3) is 5.91 Å². The number of imidazole rings is 1. The lowest BCUT2D eigenvalue weighted by Gasteiger charge is -2.18. The number of hydrogen-bond donors (Lipinski definition) is 2. The van der Waals surface area contributed by atoms with Crippen molar-refractivity contribution in [3.05, 3.63) is 65.6 Å². The van der Waals surface area contributed by atoms with E-state index in [0.29, 0.717) is 38.0 Å². The summed E-state index contributed by atoms with van der Waals surface area (Å²) in [5, 5.41) is 6.03. The van der Waals surface area contributed by atoms with Crippen molar-refractivity contribution in [1.29, 1.82) is 0 Å². The van der Waals surface area contributed by atoms with Gasteiger partial charge in [-0.05, 0) is 30.9 Å². The molecule has 1 amide bonds. The maximum absolute atomic E-state index is 13.7. The van der Waals surface area contributed by atoms with Crippen LogP contribution in [-0.4, -0.2) is 51.7 Å². The summed E-state index contributed by atoms with van der Waals surface area (Å²) in [6, 6.07) is 6.83. The fourth-order valence-corrected chi connectivity index (χ4v) is 4.52. The SMILES string of the molecule is O=C(NCc1ncccc1F)c1coc(CCNCCc2nc3cc4c(cc3n2CC2CC2)OCCO4)n1. The van der Waals surface area contributed by atoms with Crippen molar-refractivity contribution >= 4 is 16.9 Å². The number of ether oxygens (including phenoxy) is 2. The molecule has 0 bridgehead atoms. The number of oxazole rings is 1. The van der Waals surface area contributed by atoms with Crippen LogP contribution < -0.4 is 20.1 Å². The number of benzene rings is 1. The van der Waals surface area contributed by atoms with E-state index in [4.69, 9.17) is 18.9 Å². The number of pyridine rings is 1. The molecule has 1 aliphatic carbocycles. The van der Waals surface area contributed by atoms with Gasteiger partial charge in [-0.15, -0.1) is 0 Å². The van der Waals surface area contributed by atoms with Gasteiger partial charge in [-0.25, -0.2) is 14.4 Å². The number of carbonyl (C=O) groups excluding carboxylic acids is 1. The van der Waals surface area contributed by atoms with Crippen LogP contribution in [0.2, 0.25) is 0 Å². The van der Waals surface area contributed by atoms with E-state index >= 15 is 0 Å². The first-order chi connectivity index (χ1) is 18.6. The monoisotopic (exact) mass is 520 g/mol. The number of rotatable bonds is 11. The molecular formula is C27H29FN6O4. The predicted octanol–water partition coefficient (Wildman–Crippen LogP) is 3.04. The van der Waals surface area contributed by atoms with Crippen LogP contribution >= 0.6 is 0 Å². The van der Waals surface area contributed by atoms with E-state index < -0.39 is 11.7 Å². The highest BCUT2D eigenvalue weighted by atomic mass is 19.1. The first-order valence-electron chi connectivity index (χ1n) is 13.0. The molecule has 38 heavy (non-hydrogen) atoms. The molecule has 4 heterocycles. The number of aromatic nitrogens is 4. The third kappa shape index (κ3) is 5.47. The van der Waals surface area contributed by atoms with Crippen LogP contribution in [0.25, 0.3) is 11.0 Å². The Bertz CT molecular complexity index is 1450. The summed E-state index contributed by atoms with van der Waals surface area (Å²) < 4.78 is 33.0. The summed E-state index contributed by atoms with van der Waals surface area (Å²) in [5.41, 5.74) is 2.34. The third-order valence-corrected chi connectivity index (χ3v) is 6.71. The van der Waals surface area contributed by atoms with Crippen LogP contribution in [0.1, 0.15) is 40.7 Å². The van der Waals surface area contributed by atoms with E-state index in [9.17, 15) is 9.18 Å². The maximum atomic E-state index is 13.7. The number of nitrogens with zero attached hydrogens (tertiary/aromatic N) is 4. The van der Waals surface area contributed by atoms with Crippen LogP contribution in [0.15, 0.2) is 41.1 Å². The van der Waals surface area contributed by atoms with Crippen molar-refractivity contribution in [1.82, 2.24) is 30.2 Å². The summed E-state index contributed by atoms with van der Waals surface area (Å²) in [6.07, 6.45) is 6.62. The normalized spacial score (nSPS) is 14.7. The van der Waals surface area contributed by atoms with E-state index in [1.54, 1.807) is 0 Å². The second-order valence-electron chi connectivity index (χ2n) is 9.56. The Morgan fingerprint density at radius 2 is 1.92 bits per heavy atom. The molecule has 0 spiro atoms. The third-order valence-electron chi connectivity index (χ3n) is 6.71. The number of nitrogens with one attached hydrogen (secondary N) is 2. The summed E-state index contributed by atoms with van der Waals surface area (Å²) in [5.74, 6) is 2.85. The van der Waals surface area contributed by atoms with Crippen molar-refractivity contribution < 1.29 is 23.1 Å². The number of amides is 1. The lowest BCUT2D eigenvalue weighted by molar-refractivity contribution is 0.0945. The van der Waals surface area contributed by atoms with E-state index in [1.165, 1.54) is 37.4 Å². The minimum atomic E-state index is -0.468. The van der Waals surface area contributed by atoms with Gasteiger partial charge >= 0.3 is 0 Å². The van der Waals surface area contributed by atoms with Crippen molar-refractivity contribution in [3.63, 3.8) is 0 Å². The van der Waals surface area contributed by atoms with Crippen LogP contribution in [0, 0.1) is 11.7 Å². The Balaban J connectivity index is 1.01. The fraction of sp³-hybridized carbons (Fsp3) is 0.407. The molecular weight excluding hydrogens is 491 g/mol.